The Hall–Kier alpha value is -2.31. The molecule has 12 heteroatoms. The molecule has 1 heterocycles. The van der Waals surface area contributed by atoms with Crippen molar-refractivity contribution in [1.82, 2.24) is 0 Å². The Morgan fingerprint density at radius 1 is 0.844 bits per heavy atom. The van der Waals surface area contributed by atoms with E-state index >= 15 is 0 Å². The van der Waals surface area contributed by atoms with Crippen LogP contribution < -0.4 is 4.31 Å². The summed E-state index contributed by atoms with van der Waals surface area (Å²) in [6, 6.07) is 9.15. The molecule has 1 saturated heterocycles. The van der Waals surface area contributed by atoms with E-state index in [1.165, 1.54) is 24.3 Å². The molecule has 0 bridgehead atoms. The zero-order valence-electron chi connectivity index (χ0n) is 16.4. The van der Waals surface area contributed by atoms with Gasteiger partial charge in [0.1, 0.15) is 0 Å². The first-order valence-corrected chi connectivity index (χ1v) is 10.9. The van der Waals surface area contributed by atoms with Gasteiger partial charge in [-0.3, -0.25) is 4.31 Å². The van der Waals surface area contributed by atoms with Crippen LogP contribution in [0.15, 0.2) is 59.5 Å². The minimum Gasteiger partial charge on any atom is -0.381 e. The summed E-state index contributed by atoms with van der Waals surface area (Å²) >= 11 is 0. The molecule has 3 rings (SSSR count). The van der Waals surface area contributed by atoms with E-state index in [1.807, 2.05) is 0 Å². The number of ether oxygens (including phenoxy) is 1. The van der Waals surface area contributed by atoms with Crippen molar-refractivity contribution in [3.8, 4) is 0 Å². The normalized spacial score (nSPS) is 16.7. The highest BCUT2D eigenvalue weighted by atomic mass is 32.2. The Morgan fingerprint density at radius 3 is 1.81 bits per heavy atom. The minimum atomic E-state index is -6.04. The molecule has 0 radical (unpaired) electrons. The van der Waals surface area contributed by atoms with Gasteiger partial charge >= 0.3 is 12.4 Å². The van der Waals surface area contributed by atoms with Crippen LogP contribution >= 0.6 is 0 Å². The van der Waals surface area contributed by atoms with Crippen LogP contribution in [0.5, 0.6) is 0 Å². The lowest BCUT2D eigenvalue weighted by Crippen LogP contribution is -2.53. The zero-order valence-corrected chi connectivity index (χ0v) is 17.2. The maximum absolute atomic E-state index is 13.3. The van der Waals surface area contributed by atoms with Gasteiger partial charge in [-0.15, -0.1) is 0 Å². The molecular weight excluding hydrogens is 464 g/mol. The van der Waals surface area contributed by atoms with Crippen LogP contribution in [0, 0.1) is 0 Å². The average molecular weight is 483 g/mol. The number of sulfonamides is 1. The summed E-state index contributed by atoms with van der Waals surface area (Å²) in [5.74, 6) is 0. The molecule has 0 spiro atoms. The van der Waals surface area contributed by atoms with E-state index in [2.05, 4.69) is 0 Å². The SMILES string of the molecule is O=S(=O)(c1ccccc1)N(c1ccc(C(O)(C(F)(F)F)C(F)(F)F)cc1)C1CCOCC1. The topological polar surface area (TPSA) is 66.8 Å². The van der Waals surface area contributed by atoms with Gasteiger partial charge in [0.05, 0.1) is 10.6 Å². The summed E-state index contributed by atoms with van der Waals surface area (Å²) in [5.41, 5.74) is -6.69. The van der Waals surface area contributed by atoms with Crippen molar-refractivity contribution < 1.29 is 44.6 Å². The molecule has 176 valence electrons. The average Bonchev–Trinajstić information content (AvgIpc) is 2.73. The first-order chi connectivity index (χ1) is 14.8. The fourth-order valence-electron chi connectivity index (χ4n) is 3.51. The van der Waals surface area contributed by atoms with E-state index in [0.29, 0.717) is 12.1 Å². The van der Waals surface area contributed by atoms with Crippen LogP contribution in [0.4, 0.5) is 32.0 Å². The summed E-state index contributed by atoms with van der Waals surface area (Å²) in [5, 5.41) is 9.57. The fourth-order valence-corrected chi connectivity index (χ4v) is 5.24. The molecule has 32 heavy (non-hydrogen) atoms. The molecule has 1 fully saturated rings. The number of benzene rings is 2. The molecule has 1 aliphatic heterocycles. The smallest absolute Gasteiger partial charge is 0.381 e. The Labute approximate surface area is 180 Å². The summed E-state index contributed by atoms with van der Waals surface area (Å²) in [7, 11) is -4.19. The second-order valence-corrected chi connectivity index (χ2v) is 9.03. The highest BCUT2D eigenvalue weighted by Gasteiger charge is 2.71. The first kappa shape index (κ1) is 24.3. The number of hydrogen-bond acceptors (Lipinski definition) is 4. The number of nitrogens with zero attached hydrogens (tertiary/aromatic N) is 1. The van der Waals surface area contributed by atoms with Gasteiger partial charge in [-0.05, 0) is 37.1 Å². The maximum Gasteiger partial charge on any atom is 0.430 e. The van der Waals surface area contributed by atoms with Crippen molar-refractivity contribution >= 4 is 15.7 Å². The van der Waals surface area contributed by atoms with Gasteiger partial charge in [-0.25, -0.2) is 8.42 Å². The summed E-state index contributed by atoms with van der Waals surface area (Å²) < 4.78 is 112. The third kappa shape index (κ3) is 4.30. The highest BCUT2D eigenvalue weighted by molar-refractivity contribution is 7.92. The molecule has 0 unspecified atom stereocenters. The van der Waals surface area contributed by atoms with Crippen LogP contribution in [0.2, 0.25) is 0 Å². The van der Waals surface area contributed by atoms with Gasteiger partial charge in [0.15, 0.2) is 0 Å². The number of alkyl halides is 6. The molecule has 2 aromatic carbocycles. The fraction of sp³-hybridized carbons (Fsp3) is 0.400. The number of rotatable bonds is 5. The quantitative estimate of drug-likeness (QED) is 0.642. The Kier molecular flexibility index (Phi) is 6.51. The predicted octanol–water partition coefficient (Wildman–Crippen LogP) is 4.37. The standard InChI is InChI=1S/C20H19F6NO4S/c21-19(22,23)18(28,20(24,25)26)14-6-8-15(9-7-14)27(16-10-12-31-13-11-16)32(29,30)17-4-2-1-3-5-17/h1-9,16,28H,10-13H2. The van der Waals surface area contributed by atoms with Gasteiger partial charge in [0.2, 0.25) is 0 Å². The number of aliphatic hydroxyl groups is 1. The van der Waals surface area contributed by atoms with E-state index in [-0.39, 0.29) is 36.6 Å². The van der Waals surface area contributed by atoms with Crippen LogP contribution in [0.3, 0.4) is 0 Å². The number of hydrogen-bond donors (Lipinski definition) is 1. The number of anilines is 1. The van der Waals surface area contributed by atoms with Crippen molar-refractivity contribution in [2.75, 3.05) is 17.5 Å². The molecule has 5 nitrogen and oxygen atoms in total. The molecule has 0 aromatic heterocycles. The predicted molar refractivity (Wildman–Crippen MR) is 102 cm³/mol. The van der Waals surface area contributed by atoms with Crippen LogP contribution in [0.1, 0.15) is 18.4 Å². The molecule has 1 N–H and O–H groups in total. The molecule has 0 aliphatic carbocycles. The minimum absolute atomic E-state index is 0.0855. The number of halogens is 6. The van der Waals surface area contributed by atoms with Crippen LogP contribution in [-0.4, -0.2) is 45.1 Å². The zero-order chi connectivity index (χ0) is 23.8. The van der Waals surface area contributed by atoms with Crippen molar-refractivity contribution in [1.29, 1.82) is 0 Å². The highest BCUT2D eigenvalue weighted by Crippen LogP contribution is 2.50. The third-order valence-electron chi connectivity index (χ3n) is 5.18. The van der Waals surface area contributed by atoms with E-state index < -0.39 is 39.6 Å². The van der Waals surface area contributed by atoms with Gasteiger partial charge in [0, 0.05) is 24.8 Å². The van der Waals surface area contributed by atoms with E-state index in [1.54, 1.807) is 6.07 Å². The third-order valence-corrected chi connectivity index (χ3v) is 7.08. The molecular formula is C20H19F6NO4S. The lowest BCUT2D eigenvalue weighted by molar-refractivity contribution is -0.376. The van der Waals surface area contributed by atoms with E-state index in [4.69, 9.17) is 4.74 Å². The lowest BCUT2D eigenvalue weighted by atomic mass is 9.92. The summed E-state index contributed by atoms with van der Waals surface area (Å²) in [4.78, 5) is -0.0855. The monoisotopic (exact) mass is 483 g/mol. The summed E-state index contributed by atoms with van der Waals surface area (Å²) in [6.45, 7) is 0.483. The Balaban J connectivity index is 2.09. The van der Waals surface area contributed by atoms with E-state index in [0.717, 1.165) is 16.4 Å². The molecule has 1 aliphatic rings. The maximum atomic E-state index is 13.3. The van der Waals surface area contributed by atoms with Gasteiger partial charge in [-0.2, -0.15) is 26.3 Å². The second-order valence-electron chi connectivity index (χ2n) is 7.21. The van der Waals surface area contributed by atoms with Gasteiger partial charge in [0.25, 0.3) is 15.6 Å². The van der Waals surface area contributed by atoms with Crippen molar-refractivity contribution in [3.05, 3.63) is 60.2 Å². The second kappa shape index (κ2) is 8.56. The van der Waals surface area contributed by atoms with Crippen LogP contribution in [0.25, 0.3) is 0 Å². The molecule has 0 amide bonds. The van der Waals surface area contributed by atoms with Gasteiger partial charge in [-0.1, -0.05) is 30.3 Å². The summed E-state index contributed by atoms with van der Waals surface area (Å²) in [6.07, 6.45) is -11.5. The van der Waals surface area contributed by atoms with Crippen molar-refractivity contribution in [2.45, 2.75) is 41.7 Å². The van der Waals surface area contributed by atoms with Crippen LogP contribution in [-0.2, 0) is 20.4 Å². The Bertz CT molecular complexity index is 1000. The molecule has 0 atom stereocenters. The largest absolute Gasteiger partial charge is 0.430 e. The van der Waals surface area contributed by atoms with E-state index in [9.17, 15) is 39.9 Å². The Morgan fingerprint density at radius 2 is 1.34 bits per heavy atom. The first-order valence-electron chi connectivity index (χ1n) is 9.44. The van der Waals surface area contributed by atoms with Crippen molar-refractivity contribution in [3.63, 3.8) is 0 Å². The molecule has 0 saturated carbocycles. The lowest BCUT2D eigenvalue weighted by Gasteiger charge is -2.36. The van der Waals surface area contributed by atoms with Crippen molar-refractivity contribution in [2.24, 2.45) is 0 Å². The molecule has 2 aromatic rings. The van der Waals surface area contributed by atoms with Gasteiger partial charge < -0.3 is 9.84 Å².